The van der Waals surface area contributed by atoms with Crippen molar-refractivity contribution in [1.29, 1.82) is 0 Å². The quantitative estimate of drug-likeness (QED) is 0.440. The van der Waals surface area contributed by atoms with Crippen LogP contribution in [0.5, 0.6) is 5.75 Å². The fourth-order valence-electron chi connectivity index (χ4n) is 3.28. The number of benzene rings is 2. The number of para-hydroxylation sites is 1. The number of carboxylic acid groups (broad SMARTS) is 1. The number of amides is 2. The zero-order valence-corrected chi connectivity index (χ0v) is 16.5. The van der Waals surface area contributed by atoms with E-state index in [0.717, 1.165) is 33.3 Å². The average Bonchev–Trinajstić information content (AvgIpc) is 3.07. The van der Waals surface area contributed by atoms with E-state index in [0.29, 0.717) is 0 Å². The van der Waals surface area contributed by atoms with E-state index < -0.39 is 18.0 Å². The molecule has 2 aromatic carbocycles. The first kappa shape index (κ1) is 20.3. The summed E-state index contributed by atoms with van der Waals surface area (Å²) in [5, 5.41) is 15.6. The van der Waals surface area contributed by atoms with Gasteiger partial charge >= 0.3 is 12.0 Å². The van der Waals surface area contributed by atoms with Crippen LogP contribution in [0.15, 0.2) is 48.7 Å². The van der Waals surface area contributed by atoms with Crippen LogP contribution >= 0.6 is 0 Å². The van der Waals surface area contributed by atoms with Crippen molar-refractivity contribution in [3.05, 3.63) is 65.4 Å². The maximum Gasteiger partial charge on any atom is 0.326 e. The largest absolute Gasteiger partial charge is 0.492 e. The van der Waals surface area contributed by atoms with Crippen LogP contribution in [0.3, 0.4) is 0 Å². The molecule has 2 amide bonds. The van der Waals surface area contributed by atoms with Crippen LogP contribution in [0.25, 0.3) is 10.9 Å². The van der Waals surface area contributed by atoms with Gasteiger partial charge in [0.15, 0.2) is 0 Å². The minimum Gasteiger partial charge on any atom is -0.492 e. The molecule has 4 N–H and O–H groups in total. The normalized spacial score (nSPS) is 11.8. The van der Waals surface area contributed by atoms with Gasteiger partial charge in [-0.1, -0.05) is 24.3 Å². The molecule has 1 heterocycles. The number of carboxylic acids is 1. The Morgan fingerprint density at radius 3 is 2.59 bits per heavy atom. The molecule has 3 rings (SSSR count). The summed E-state index contributed by atoms with van der Waals surface area (Å²) < 4.78 is 5.64. The molecule has 0 saturated heterocycles. The molecular weight excluding hydrogens is 370 g/mol. The lowest BCUT2D eigenvalue weighted by Gasteiger charge is -2.15. The fourth-order valence-corrected chi connectivity index (χ4v) is 3.28. The summed E-state index contributed by atoms with van der Waals surface area (Å²) in [6, 6.07) is 12.0. The van der Waals surface area contributed by atoms with Gasteiger partial charge in [-0.15, -0.1) is 0 Å². The molecule has 0 saturated carbocycles. The first-order chi connectivity index (χ1) is 13.9. The van der Waals surface area contributed by atoms with Crippen LogP contribution in [-0.4, -0.2) is 41.3 Å². The highest BCUT2D eigenvalue weighted by atomic mass is 16.5. The Morgan fingerprint density at radius 1 is 1.14 bits per heavy atom. The maximum atomic E-state index is 12.1. The number of ether oxygens (including phenoxy) is 1. The van der Waals surface area contributed by atoms with Gasteiger partial charge in [-0.05, 0) is 48.7 Å². The minimum atomic E-state index is -1.09. The van der Waals surface area contributed by atoms with Crippen molar-refractivity contribution in [2.45, 2.75) is 26.3 Å². The average molecular weight is 395 g/mol. The zero-order valence-electron chi connectivity index (χ0n) is 16.5. The molecule has 0 radical (unpaired) electrons. The number of nitrogens with one attached hydrogen (secondary N) is 3. The standard InChI is InChI=1S/C22H25N3O4/c1-14-9-15(2)11-17(10-14)29-8-7-23-22(28)25-20(21(26)27)12-16-13-24-19-6-4-3-5-18(16)19/h3-6,9-11,13,20,24H,7-8,12H2,1-2H3,(H,26,27)(H2,23,25,28)/t20-/m0/s1. The molecule has 1 aromatic heterocycles. The SMILES string of the molecule is Cc1cc(C)cc(OCCNC(=O)N[C@@H](Cc2c[nH]c3ccccc23)C(=O)O)c1. The Kier molecular flexibility index (Phi) is 6.39. The van der Waals surface area contributed by atoms with E-state index in [1.165, 1.54) is 0 Å². The maximum absolute atomic E-state index is 12.1. The lowest BCUT2D eigenvalue weighted by molar-refractivity contribution is -0.139. The summed E-state index contributed by atoms with van der Waals surface area (Å²) in [4.78, 5) is 26.8. The van der Waals surface area contributed by atoms with Crippen LogP contribution in [0, 0.1) is 13.8 Å². The highest BCUT2D eigenvalue weighted by Gasteiger charge is 2.21. The molecule has 0 aliphatic rings. The number of fused-ring (bicyclic) bond motifs is 1. The lowest BCUT2D eigenvalue weighted by Crippen LogP contribution is -2.47. The van der Waals surface area contributed by atoms with E-state index in [9.17, 15) is 14.7 Å². The molecule has 1 atom stereocenters. The number of hydrogen-bond acceptors (Lipinski definition) is 3. The molecule has 0 fully saturated rings. The number of aromatic nitrogens is 1. The molecule has 152 valence electrons. The van der Waals surface area contributed by atoms with Gasteiger partial charge in [0.1, 0.15) is 18.4 Å². The van der Waals surface area contributed by atoms with Crippen LogP contribution in [-0.2, 0) is 11.2 Å². The number of aliphatic carboxylic acids is 1. The molecule has 0 unspecified atom stereocenters. The molecule has 7 nitrogen and oxygen atoms in total. The Bertz CT molecular complexity index is 992. The molecule has 0 spiro atoms. The van der Waals surface area contributed by atoms with Crippen LogP contribution < -0.4 is 15.4 Å². The van der Waals surface area contributed by atoms with E-state index in [1.54, 1.807) is 6.20 Å². The predicted octanol–water partition coefficient (Wildman–Crippen LogP) is 3.16. The number of rotatable bonds is 8. The number of H-pyrrole nitrogens is 1. The van der Waals surface area contributed by atoms with Crippen LogP contribution in [0.1, 0.15) is 16.7 Å². The fraction of sp³-hybridized carbons (Fsp3) is 0.273. The molecule has 29 heavy (non-hydrogen) atoms. The molecule has 7 heteroatoms. The first-order valence-corrected chi connectivity index (χ1v) is 9.45. The Labute approximate surface area is 169 Å². The van der Waals surface area contributed by atoms with E-state index >= 15 is 0 Å². The van der Waals surface area contributed by atoms with Gasteiger partial charge in [-0.2, -0.15) is 0 Å². The molecular formula is C22H25N3O4. The third kappa shape index (κ3) is 5.51. The van der Waals surface area contributed by atoms with E-state index in [4.69, 9.17) is 4.74 Å². The van der Waals surface area contributed by atoms with Crippen molar-refractivity contribution >= 4 is 22.9 Å². The van der Waals surface area contributed by atoms with Crippen LogP contribution in [0.2, 0.25) is 0 Å². The van der Waals surface area contributed by atoms with Gasteiger partial charge in [0.2, 0.25) is 0 Å². The third-order valence-electron chi connectivity index (χ3n) is 4.55. The van der Waals surface area contributed by atoms with Gasteiger partial charge in [0.05, 0.1) is 6.54 Å². The summed E-state index contributed by atoms with van der Waals surface area (Å²) >= 11 is 0. The summed E-state index contributed by atoms with van der Waals surface area (Å²) in [6.45, 7) is 4.53. The van der Waals surface area contributed by atoms with E-state index in [2.05, 4.69) is 21.7 Å². The van der Waals surface area contributed by atoms with Crippen molar-refractivity contribution in [2.75, 3.05) is 13.2 Å². The number of urea groups is 1. The van der Waals surface area contributed by atoms with Gasteiger partial charge in [0.25, 0.3) is 0 Å². The molecule has 0 aliphatic carbocycles. The predicted molar refractivity (Wildman–Crippen MR) is 111 cm³/mol. The Hall–Kier alpha value is -3.48. The van der Waals surface area contributed by atoms with Crippen molar-refractivity contribution in [1.82, 2.24) is 15.6 Å². The van der Waals surface area contributed by atoms with E-state index in [-0.39, 0.29) is 19.6 Å². The second-order valence-electron chi connectivity index (χ2n) is 7.03. The highest BCUT2D eigenvalue weighted by molar-refractivity contribution is 5.86. The van der Waals surface area contributed by atoms with Gasteiger partial charge in [0, 0.05) is 23.5 Å². The smallest absolute Gasteiger partial charge is 0.326 e. The highest BCUT2D eigenvalue weighted by Crippen LogP contribution is 2.19. The second-order valence-corrected chi connectivity index (χ2v) is 7.03. The van der Waals surface area contributed by atoms with Crippen molar-refractivity contribution in [3.8, 4) is 5.75 Å². The third-order valence-corrected chi connectivity index (χ3v) is 4.55. The van der Waals surface area contributed by atoms with E-state index in [1.807, 2.05) is 50.2 Å². The van der Waals surface area contributed by atoms with Gasteiger partial charge in [-0.3, -0.25) is 0 Å². The lowest BCUT2D eigenvalue weighted by atomic mass is 10.1. The Morgan fingerprint density at radius 2 is 1.86 bits per heavy atom. The molecule has 3 aromatic rings. The number of aromatic amines is 1. The minimum absolute atomic E-state index is 0.186. The zero-order chi connectivity index (χ0) is 20.8. The van der Waals surface area contributed by atoms with Crippen molar-refractivity contribution in [3.63, 3.8) is 0 Å². The summed E-state index contributed by atoms with van der Waals surface area (Å²) in [5.41, 5.74) is 3.98. The number of hydrogen-bond donors (Lipinski definition) is 4. The summed E-state index contributed by atoms with van der Waals surface area (Å²) in [7, 11) is 0. The molecule has 0 aliphatic heterocycles. The summed E-state index contributed by atoms with van der Waals surface area (Å²) in [6.07, 6.45) is 1.96. The van der Waals surface area contributed by atoms with Crippen molar-refractivity contribution in [2.24, 2.45) is 0 Å². The first-order valence-electron chi connectivity index (χ1n) is 9.45. The second kappa shape index (κ2) is 9.14. The monoisotopic (exact) mass is 395 g/mol. The molecule has 0 bridgehead atoms. The van der Waals surface area contributed by atoms with Crippen molar-refractivity contribution < 1.29 is 19.4 Å². The summed E-state index contributed by atoms with van der Waals surface area (Å²) in [5.74, 6) is -0.343. The topological polar surface area (TPSA) is 103 Å². The van der Waals surface area contributed by atoms with Gasteiger partial charge in [-0.25, -0.2) is 9.59 Å². The Balaban J connectivity index is 1.50. The number of carbonyl (C=O) groups is 2. The van der Waals surface area contributed by atoms with Gasteiger partial charge < -0.3 is 25.5 Å². The number of carbonyl (C=O) groups excluding carboxylic acids is 1. The number of aryl methyl sites for hydroxylation is 2. The van der Waals surface area contributed by atoms with Crippen LogP contribution in [0.4, 0.5) is 4.79 Å².